The van der Waals surface area contributed by atoms with Crippen LogP contribution in [0.25, 0.3) is 0 Å². The minimum atomic E-state index is -1.59. The minimum absolute atomic E-state index is 0.112. The standard InChI is InChI=1S/C13H14F2N2OS/c1-8(18)16-11-7-19(2,3)13(17-11)12-9(14)5-4-6-10(12)15/h4-7H,1-3H3,(H,16,18). The molecule has 1 aliphatic rings. The molecule has 102 valence electrons. The molecule has 1 aliphatic heterocycles. The van der Waals surface area contributed by atoms with Crippen molar-refractivity contribution >= 4 is 21.0 Å². The Labute approximate surface area is 111 Å². The van der Waals surface area contributed by atoms with Crippen LogP contribution in [0.1, 0.15) is 12.5 Å². The number of aliphatic imine (C=N–C) groups is 1. The summed E-state index contributed by atoms with van der Waals surface area (Å²) in [4.78, 5) is 15.2. The van der Waals surface area contributed by atoms with E-state index in [9.17, 15) is 13.6 Å². The van der Waals surface area contributed by atoms with E-state index in [-0.39, 0.29) is 11.5 Å². The molecule has 0 spiro atoms. The van der Waals surface area contributed by atoms with E-state index in [2.05, 4.69) is 10.3 Å². The zero-order valence-corrected chi connectivity index (χ0v) is 11.6. The highest BCUT2D eigenvalue weighted by molar-refractivity contribution is 8.47. The van der Waals surface area contributed by atoms with Crippen molar-refractivity contribution in [2.75, 3.05) is 12.5 Å². The van der Waals surface area contributed by atoms with E-state index in [1.165, 1.54) is 25.1 Å². The highest BCUT2D eigenvalue weighted by atomic mass is 32.3. The zero-order chi connectivity index (χ0) is 14.2. The van der Waals surface area contributed by atoms with E-state index in [0.717, 1.165) is 0 Å². The number of nitrogens with zero attached hydrogens (tertiary/aromatic N) is 1. The molecule has 0 aromatic heterocycles. The number of carbonyl (C=O) groups excluding carboxylic acids is 1. The summed E-state index contributed by atoms with van der Waals surface area (Å²) in [6.07, 6.45) is 3.74. The number of hydrogen-bond acceptors (Lipinski definition) is 2. The quantitative estimate of drug-likeness (QED) is 0.891. The Bertz CT molecular complexity index is 588. The van der Waals surface area contributed by atoms with Crippen molar-refractivity contribution in [3.63, 3.8) is 0 Å². The smallest absolute Gasteiger partial charge is 0.222 e. The number of amides is 1. The van der Waals surface area contributed by atoms with Crippen LogP contribution in [0.4, 0.5) is 8.78 Å². The Hall–Kier alpha value is -1.69. The van der Waals surface area contributed by atoms with E-state index < -0.39 is 21.7 Å². The molecule has 0 bridgehead atoms. The van der Waals surface area contributed by atoms with Gasteiger partial charge in [-0.15, -0.1) is 0 Å². The lowest BCUT2D eigenvalue weighted by molar-refractivity contribution is -0.118. The maximum absolute atomic E-state index is 13.8. The van der Waals surface area contributed by atoms with Gasteiger partial charge in [-0.05, 0) is 24.6 Å². The minimum Gasteiger partial charge on any atom is -0.311 e. The van der Waals surface area contributed by atoms with Gasteiger partial charge in [0.2, 0.25) is 5.91 Å². The van der Waals surface area contributed by atoms with Crippen molar-refractivity contribution in [2.45, 2.75) is 6.92 Å². The summed E-state index contributed by atoms with van der Waals surface area (Å²) in [6, 6.07) is 3.72. The van der Waals surface area contributed by atoms with Crippen LogP contribution in [0, 0.1) is 11.6 Å². The molecule has 1 aromatic carbocycles. The Morgan fingerprint density at radius 3 is 2.37 bits per heavy atom. The van der Waals surface area contributed by atoms with Gasteiger partial charge in [-0.1, -0.05) is 6.07 Å². The van der Waals surface area contributed by atoms with Gasteiger partial charge in [-0.2, -0.15) is 10.0 Å². The van der Waals surface area contributed by atoms with Crippen LogP contribution < -0.4 is 5.32 Å². The van der Waals surface area contributed by atoms with Crippen molar-refractivity contribution in [2.24, 2.45) is 4.99 Å². The van der Waals surface area contributed by atoms with Gasteiger partial charge in [0.1, 0.15) is 17.5 Å². The van der Waals surface area contributed by atoms with Crippen LogP contribution in [0.15, 0.2) is 34.4 Å². The largest absolute Gasteiger partial charge is 0.311 e. The fraction of sp³-hybridized carbons (Fsp3) is 0.231. The average molecular weight is 284 g/mol. The molecule has 1 amide bonds. The Morgan fingerprint density at radius 1 is 1.26 bits per heavy atom. The number of halogens is 2. The summed E-state index contributed by atoms with van der Waals surface area (Å²) in [5.41, 5.74) is -0.112. The molecule has 0 atom stereocenters. The molecule has 6 heteroatoms. The van der Waals surface area contributed by atoms with Crippen molar-refractivity contribution in [3.8, 4) is 0 Å². The lowest BCUT2D eigenvalue weighted by Gasteiger charge is -2.25. The normalized spacial score (nSPS) is 18.6. The molecule has 0 aliphatic carbocycles. The SMILES string of the molecule is CC(=O)NC1=CS(C)(C)C(c2c(F)cccc2F)=N1. The lowest BCUT2D eigenvalue weighted by Crippen LogP contribution is -2.17. The molecule has 0 radical (unpaired) electrons. The third-order valence-electron chi connectivity index (χ3n) is 2.61. The van der Waals surface area contributed by atoms with Crippen molar-refractivity contribution in [1.29, 1.82) is 0 Å². The maximum atomic E-state index is 13.8. The third-order valence-corrected chi connectivity index (χ3v) is 4.71. The van der Waals surface area contributed by atoms with E-state index >= 15 is 0 Å². The number of hydrogen-bond donors (Lipinski definition) is 1. The first-order valence-electron chi connectivity index (χ1n) is 5.57. The predicted molar refractivity (Wildman–Crippen MR) is 74.2 cm³/mol. The molecule has 1 heterocycles. The first-order valence-corrected chi connectivity index (χ1v) is 8.08. The Balaban J connectivity index is 2.49. The van der Waals surface area contributed by atoms with Crippen LogP contribution in [0.2, 0.25) is 0 Å². The lowest BCUT2D eigenvalue weighted by atomic mass is 10.2. The molecule has 19 heavy (non-hydrogen) atoms. The maximum Gasteiger partial charge on any atom is 0.222 e. The summed E-state index contributed by atoms with van der Waals surface area (Å²) >= 11 is 0. The highest BCUT2D eigenvalue weighted by Gasteiger charge is 2.30. The summed E-state index contributed by atoms with van der Waals surface area (Å²) < 4.78 is 27.6. The van der Waals surface area contributed by atoms with Crippen molar-refractivity contribution in [1.82, 2.24) is 5.32 Å². The molecule has 1 N–H and O–H groups in total. The summed E-state index contributed by atoms with van der Waals surface area (Å²) in [5.74, 6) is -1.20. The second kappa shape index (κ2) is 4.77. The average Bonchev–Trinajstić information content (AvgIpc) is 2.52. The fourth-order valence-electron chi connectivity index (χ4n) is 1.85. The first kappa shape index (κ1) is 13.7. The third kappa shape index (κ3) is 2.68. The van der Waals surface area contributed by atoms with E-state index in [1.54, 1.807) is 5.41 Å². The fourth-order valence-corrected chi connectivity index (χ4v) is 3.68. The number of nitrogens with one attached hydrogen (secondary N) is 1. The monoisotopic (exact) mass is 284 g/mol. The van der Waals surface area contributed by atoms with Crippen LogP contribution in [-0.4, -0.2) is 23.5 Å². The van der Waals surface area contributed by atoms with E-state index in [0.29, 0.717) is 10.9 Å². The van der Waals surface area contributed by atoms with Crippen molar-refractivity contribution in [3.05, 3.63) is 46.6 Å². The Kier molecular flexibility index (Phi) is 3.45. The first-order chi connectivity index (χ1) is 8.81. The van der Waals surface area contributed by atoms with Crippen LogP contribution in [-0.2, 0) is 4.79 Å². The predicted octanol–water partition coefficient (Wildman–Crippen LogP) is 2.72. The molecule has 0 saturated heterocycles. The van der Waals surface area contributed by atoms with Crippen LogP contribution >= 0.6 is 10.0 Å². The van der Waals surface area contributed by atoms with Gasteiger partial charge in [0, 0.05) is 12.3 Å². The zero-order valence-electron chi connectivity index (χ0n) is 10.8. The molecular formula is C13H14F2N2OS. The highest BCUT2D eigenvalue weighted by Crippen LogP contribution is 2.51. The van der Waals surface area contributed by atoms with Gasteiger partial charge >= 0.3 is 0 Å². The van der Waals surface area contributed by atoms with Gasteiger partial charge in [-0.25, -0.2) is 13.8 Å². The van der Waals surface area contributed by atoms with Crippen LogP contribution in [0.5, 0.6) is 0 Å². The molecule has 0 unspecified atom stereocenters. The second-order valence-corrected chi connectivity index (χ2v) is 8.04. The van der Waals surface area contributed by atoms with Gasteiger partial charge in [0.25, 0.3) is 0 Å². The molecule has 0 saturated carbocycles. The summed E-state index contributed by atoms with van der Waals surface area (Å²) in [7, 11) is -1.59. The molecule has 1 aromatic rings. The van der Waals surface area contributed by atoms with Gasteiger partial charge in [-0.3, -0.25) is 4.79 Å². The van der Waals surface area contributed by atoms with Gasteiger partial charge < -0.3 is 5.32 Å². The Morgan fingerprint density at radius 2 is 1.84 bits per heavy atom. The summed E-state index contributed by atoms with van der Waals surface area (Å²) in [6.45, 7) is 1.36. The molecule has 2 rings (SSSR count). The number of benzene rings is 1. The van der Waals surface area contributed by atoms with Crippen LogP contribution in [0.3, 0.4) is 0 Å². The number of rotatable bonds is 2. The number of carbonyl (C=O) groups is 1. The van der Waals surface area contributed by atoms with Gasteiger partial charge in [0.05, 0.1) is 10.6 Å². The van der Waals surface area contributed by atoms with E-state index in [4.69, 9.17) is 0 Å². The van der Waals surface area contributed by atoms with Gasteiger partial charge in [0.15, 0.2) is 0 Å². The topological polar surface area (TPSA) is 41.5 Å². The summed E-state index contributed by atoms with van der Waals surface area (Å²) in [5, 5.41) is 4.66. The van der Waals surface area contributed by atoms with E-state index in [1.807, 2.05) is 12.5 Å². The molecule has 3 nitrogen and oxygen atoms in total. The second-order valence-electron chi connectivity index (χ2n) is 4.60. The molecule has 0 fully saturated rings. The molecular weight excluding hydrogens is 270 g/mol. The van der Waals surface area contributed by atoms with Crippen molar-refractivity contribution < 1.29 is 13.6 Å².